The van der Waals surface area contributed by atoms with Crippen LogP contribution in [0.1, 0.15) is 28.9 Å². The quantitative estimate of drug-likeness (QED) is 0.744. The van der Waals surface area contributed by atoms with Crippen LogP contribution in [-0.4, -0.2) is 31.3 Å². The van der Waals surface area contributed by atoms with Gasteiger partial charge in [-0.25, -0.2) is 4.98 Å². The minimum atomic E-state index is -0.816. The van der Waals surface area contributed by atoms with E-state index in [0.717, 1.165) is 30.8 Å². The molecule has 1 atom stereocenters. The van der Waals surface area contributed by atoms with Crippen molar-refractivity contribution in [1.29, 1.82) is 0 Å². The lowest BCUT2D eigenvalue weighted by molar-refractivity contribution is -0.00522. The first-order chi connectivity index (χ1) is 12.6. The van der Waals surface area contributed by atoms with Crippen molar-refractivity contribution in [3.8, 4) is 0 Å². The van der Waals surface area contributed by atoms with E-state index in [2.05, 4.69) is 51.4 Å². The topological polar surface area (TPSA) is 54.2 Å². The van der Waals surface area contributed by atoms with Crippen LogP contribution in [0.25, 0.3) is 0 Å². The summed E-state index contributed by atoms with van der Waals surface area (Å²) in [5.74, 6) is 0.899. The summed E-state index contributed by atoms with van der Waals surface area (Å²) < 4.78 is 1.80. The Morgan fingerprint density at radius 2 is 1.85 bits per heavy atom. The van der Waals surface area contributed by atoms with E-state index >= 15 is 0 Å². The number of aromatic nitrogens is 3. The Hall–Kier alpha value is -2.50. The van der Waals surface area contributed by atoms with Gasteiger partial charge >= 0.3 is 0 Å². The van der Waals surface area contributed by atoms with Gasteiger partial charge in [0.15, 0.2) is 0 Å². The number of aliphatic hydroxyl groups is 1. The van der Waals surface area contributed by atoms with E-state index in [9.17, 15) is 5.11 Å². The van der Waals surface area contributed by atoms with Gasteiger partial charge in [-0.1, -0.05) is 54.6 Å². The predicted molar refractivity (Wildman–Crippen MR) is 100 cm³/mol. The third kappa shape index (κ3) is 3.41. The monoisotopic (exact) mass is 348 g/mol. The summed E-state index contributed by atoms with van der Waals surface area (Å²) in [4.78, 5) is 6.63. The third-order valence-corrected chi connectivity index (χ3v) is 5.23. The van der Waals surface area contributed by atoms with E-state index in [1.54, 1.807) is 11.0 Å². The molecule has 5 nitrogen and oxygen atoms in total. The highest BCUT2D eigenvalue weighted by Crippen LogP contribution is 2.37. The summed E-state index contributed by atoms with van der Waals surface area (Å²) in [6.07, 6.45) is 3.27. The number of hydrogen-bond acceptors (Lipinski definition) is 4. The molecule has 1 aromatic heterocycles. The van der Waals surface area contributed by atoms with Gasteiger partial charge < -0.3 is 5.11 Å². The Labute approximate surface area is 153 Å². The number of rotatable bonds is 6. The van der Waals surface area contributed by atoms with Crippen LogP contribution < -0.4 is 0 Å². The smallest absolute Gasteiger partial charge is 0.140 e. The molecule has 2 aromatic carbocycles. The Morgan fingerprint density at radius 3 is 2.62 bits per heavy atom. The van der Waals surface area contributed by atoms with Crippen LogP contribution in [0.5, 0.6) is 0 Å². The maximum atomic E-state index is 11.4. The fourth-order valence-electron chi connectivity index (χ4n) is 3.88. The van der Waals surface area contributed by atoms with Crippen LogP contribution >= 0.6 is 0 Å². The maximum absolute atomic E-state index is 11.4. The van der Waals surface area contributed by atoms with Crippen molar-refractivity contribution in [2.24, 2.45) is 7.05 Å². The molecule has 134 valence electrons. The van der Waals surface area contributed by atoms with Crippen LogP contribution in [0.15, 0.2) is 60.9 Å². The zero-order chi connectivity index (χ0) is 18.0. The van der Waals surface area contributed by atoms with Gasteiger partial charge in [0.05, 0.1) is 6.54 Å². The molecule has 0 spiro atoms. The fourth-order valence-corrected chi connectivity index (χ4v) is 3.88. The van der Waals surface area contributed by atoms with Crippen molar-refractivity contribution in [3.63, 3.8) is 0 Å². The number of aryl methyl sites for hydroxylation is 2. The molecule has 1 aliphatic rings. The Morgan fingerprint density at radius 1 is 1.08 bits per heavy atom. The summed E-state index contributed by atoms with van der Waals surface area (Å²) >= 11 is 0. The van der Waals surface area contributed by atoms with Gasteiger partial charge in [-0.05, 0) is 29.5 Å². The second kappa shape index (κ2) is 7.02. The summed E-state index contributed by atoms with van der Waals surface area (Å²) in [7, 11) is 1.91. The molecule has 26 heavy (non-hydrogen) atoms. The molecule has 1 unspecified atom stereocenters. The zero-order valence-electron chi connectivity index (χ0n) is 15.0. The van der Waals surface area contributed by atoms with E-state index in [0.29, 0.717) is 13.1 Å². The van der Waals surface area contributed by atoms with Crippen LogP contribution in [0.2, 0.25) is 0 Å². The maximum Gasteiger partial charge on any atom is 0.140 e. The van der Waals surface area contributed by atoms with Crippen molar-refractivity contribution >= 4 is 0 Å². The van der Waals surface area contributed by atoms with E-state index in [4.69, 9.17) is 0 Å². The molecule has 0 aliphatic heterocycles. The number of benzene rings is 2. The van der Waals surface area contributed by atoms with Crippen LogP contribution in [0.4, 0.5) is 0 Å². The van der Waals surface area contributed by atoms with E-state index in [1.165, 1.54) is 11.1 Å². The third-order valence-electron chi connectivity index (χ3n) is 5.23. The van der Waals surface area contributed by atoms with Crippen molar-refractivity contribution < 1.29 is 5.11 Å². The number of nitrogens with zero attached hydrogens (tertiary/aromatic N) is 4. The van der Waals surface area contributed by atoms with Crippen molar-refractivity contribution in [2.45, 2.75) is 31.5 Å². The molecule has 5 heteroatoms. The lowest BCUT2D eigenvalue weighted by Gasteiger charge is -2.32. The lowest BCUT2D eigenvalue weighted by Crippen LogP contribution is -2.39. The van der Waals surface area contributed by atoms with Gasteiger partial charge in [0.25, 0.3) is 0 Å². The van der Waals surface area contributed by atoms with Gasteiger partial charge in [0, 0.05) is 20.1 Å². The SMILES string of the molecule is Cn1ncnc1CN(Cc1ccccc1)CC1(O)CCc2ccccc21. The van der Waals surface area contributed by atoms with Gasteiger partial charge in [-0.2, -0.15) is 5.10 Å². The molecule has 4 rings (SSSR count). The van der Waals surface area contributed by atoms with Gasteiger partial charge in [0.1, 0.15) is 17.8 Å². The van der Waals surface area contributed by atoms with Crippen molar-refractivity contribution in [3.05, 3.63) is 83.4 Å². The second-order valence-electron chi connectivity index (χ2n) is 7.12. The molecule has 0 saturated carbocycles. The highest BCUT2D eigenvalue weighted by Gasteiger charge is 2.38. The second-order valence-corrected chi connectivity index (χ2v) is 7.12. The molecule has 1 heterocycles. The fraction of sp³-hybridized carbons (Fsp3) is 0.333. The summed E-state index contributed by atoms with van der Waals surface area (Å²) in [6, 6.07) is 18.6. The minimum Gasteiger partial charge on any atom is -0.384 e. The largest absolute Gasteiger partial charge is 0.384 e. The molecular weight excluding hydrogens is 324 g/mol. The van der Waals surface area contributed by atoms with Gasteiger partial charge in [-0.3, -0.25) is 9.58 Å². The summed E-state index contributed by atoms with van der Waals surface area (Å²) in [6.45, 7) is 1.99. The van der Waals surface area contributed by atoms with Gasteiger partial charge in [0.2, 0.25) is 0 Å². The highest BCUT2D eigenvalue weighted by molar-refractivity contribution is 5.37. The predicted octanol–water partition coefficient (Wildman–Crippen LogP) is 2.65. The Kier molecular flexibility index (Phi) is 4.57. The first-order valence-corrected chi connectivity index (χ1v) is 9.04. The van der Waals surface area contributed by atoms with Gasteiger partial charge in [-0.15, -0.1) is 0 Å². The molecule has 0 saturated heterocycles. The molecule has 0 fully saturated rings. The Bertz CT molecular complexity index is 876. The molecular formula is C21H24N4O. The van der Waals surface area contributed by atoms with E-state index in [-0.39, 0.29) is 0 Å². The van der Waals surface area contributed by atoms with Crippen LogP contribution in [-0.2, 0) is 32.2 Å². The molecule has 0 radical (unpaired) electrons. The normalized spacial score (nSPS) is 19.0. The lowest BCUT2D eigenvalue weighted by atomic mass is 9.95. The van der Waals surface area contributed by atoms with Crippen LogP contribution in [0, 0.1) is 0 Å². The highest BCUT2D eigenvalue weighted by atomic mass is 16.3. The standard InChI is InChI=1S/C21H24N4O/c1-24-20(22-16-23-24)14-25(13-17-7-3-2-4-8-17)15-21(26)12-11-18-9-5-6-10-19(18)21/h2-10,16,26H,11-15H2,1H3. The minimum absolute atomic E-state index is 0.575. The number of hydrogen-bond donors (Lipinski definition) is 1. The molecule has 3 aromatic rings. The van der Waals surface area contributed by atoms with Crippen LogP contribution in [0.3, 0.4) is 0 Å². The molecule has 1 N–H and O–H groups in total. The van der Waals surface area contributed by atoms with E-state index in [1.807, 2.05) is 25.2 Å². The van der Waals surface area contributed by atoms with E-state index < -0.39 is 5.60 Å². The zero-order valence-corrected chi connectivity index (χ0v) is 15.0. The van der Waals surface area contributed by atoms with Crippen molar-refractivity contribution in [1.82, 2.24) is 19.7 Å². The number of fused-ring (bicyclic) bond motifs is 1. The molecule has 0 bridgehead atoms. The summed E-state index contributed by atoms with van der Waals surface area (Å²) in [5, 5.41) is 15.6. The van der Waals surface area contributed by atoms with Crippen molar-refractivity contribution in [2.75, 3.05) is 6.54 Å². The Balaban J connectivity index is 1.59. The molecule has 1 aliphatic carbocycles. The first kappa shape index (κ1) is 16.9. The average Bonchev–Trinajstić information content (AvgIpc) is 3.20. The molecule has 0 amide bonds. The summed E-state index contributed by atoms with van der Waals surface area (Å²) in [5.41, 5.74) is 2.73. The average molecular weight is 348 g/mol. The first-order valence-electron chi connectivity index (χ1n) is 9.04.